The van der Waals surface area contributed by atoms with Crippen LogP contribution in [0.1, 0.15) is 44.2 Å². The van der Waals surface area contributed by atoms with Crippen molar-refractivity contribution in [3.05, 3.63) is 36.0 Å². The summed E-state index contributed by atoms with van der Waals surface area (Å²) < 4.78 is 2.14. The van der Waals surface area contributed by atoms with Gasteiger partial charge in [-0.25, -0.2) is 4.98 Å². The summed E-state index contributed by atoms with van der Waals surface area (Å²) in [6.07, 6.45) is 3.94. The number of pyridine rings is 1. The smallest absolute Gasteiger partial charge is 0.155 e. The largest absolute Gasteiger partial charge is 0.346 e. The standard InChI is InChI=1S/C16H20N6/c1-12(2)10-21-11-18-20-16(21)14-6-4-8-22(14)15-7-3-5-13(9-17)19-15/h3,5,7,11-12,14H,4,6,8,10H2,1-2H3. The van der Waals surface area contributed by atoms with Crippen molar-refractivity contribution in [1.29, 1.82) is 5.26 Å². The lowest BCUT2D eigenvalue weighted by atomic mass is 10.2. The molecule has 2 aromatic rings. The monoisotopic (exact) mass is 296 g/mol. The second kappa shape index (κ2) is 6.14. The predicted molar refractivity (Wildman–Crippen MR) is 83.1 cm³/mol. The maximum Gasteiger partial charge on any atom is 0.155 e. The summed E-state index contributed by atoms with van der Waals surface area (Å²) in [7, 11) is 0. The van der Waals surface area contributed by atoms with Crippen LogP contribution in [0.3, 0.4) is 0 Å². The Morgan fingerprint density at radius 1 is 1.41 bits per heavy atom. The van der Waals surface area contributed by atoms with Crippen LogP contribution in [0, 0.1) is 17.2 Å². The molecule has 0 spiro atoms. The van der Waals surface area contributed by atoms with Gasteiger partial charge >= 0.3 is 0 Å². The minimum Gasteiger partial charge on any atom is -0.346 e. The molecule has 6 nitrogen and oxygen atoms in total. The Morgan fingerprint density at radius 2 is 2.27 bits per heavy atom. The average Bonchev–Trinajstić information content (AvgIpc) is 3.15. The Morgan fingerprint density at radius 3 is 3.05 bits per heavy atom. The Hall–Kier alpha value is -2.42. The minimum absolute atomic E-state index is 0.183. The van der Waals surface area contributed by atoms with Gasteiger partial charge in [0.05, 0.1) is 6.04 Å². The minimum atomic E-state index is 0.183. The molecule has 114 valence electrons. The maximum absolute atomic E-state index is 9.04. The fourth-order valence-electron chi connectivity index (χ4n) is 3.01. The molecule has 0 saturated carbocycles. The van der Waals surface area contributed by atoms with Gasteiger partial charge in [-0.3, -0.25) is 0 Å². The summed E-state index contributed by atoms with van der Waals surface area (Å²) >= 11 is 0. The summed E-state index contributed by atoms with van der Waals surface area (Å²) in [5, 5.41) is 17.5. The molecule has 3 rings (SSSR count). The Kier molecular flexibility index (Phi) is 4.05. The molecule has 2 aromatic heterocycles. The first kappa shape index (κ1) is 14.5. The number of aromatic nitrogens is 4. The van der Waals surface area contributed by atoms with E-state index in [9.17, 15) is 0 Å². The molecule has 1 saturated heterocycles. The molecule has 6 heteroatoms. The summed E-state index contributed by atoms with van der Waals surface area (Å²) in [5.74, 6) is 2.39. The second-order valence-electron chi connectivity index (χ2n) is 6.08. The highest BCUT2D eigenvalue weighted by Gasteiger charge is 2.31. The molecule has 0 N–H and O–H groups in total. The van der Waals surface area contributed by atoms with Crippen molar-refractivity contribution in [2.24, 2.45) is 5.92 Å². The van der Waals surface area contributed by atoms with E-state index in [1.165, 1.54) is 0 Å². The first-order valence-corrected chi connectivity index (χ1v) is 7.70. The third kappa shape index (κ3) is 2.80. The summed E-state index contributed by atoms with van der Waals surface area (Å²) in [6.45, 7) is 6.22. The topological polar surface area (TPSA) is 70.6 Å². The van der Waals surface area contributed by atoms with Crippen LogP contribution in [-0.2, 0) is 6.54 Å². The molecule has 0 aliphatic carbocycles. The Labute approximate surface area is 130 Å². The lowest BCUT2D eigenvalue weighted by molar-refractivity contribution is 0.487. The van der Waals surface area contributed by atoms with Crippen molar-refractivity contribution >= 4 is 5.82 Å². The average molecular weight is 296 g/mol. The van der Waals surface area contributed by atoms with E-state index in [0.717, 1.165) is 37.6 Å². The molecular formula is C16H20N6. The fraction of sp³-hybridized carbons (Fsp3) is 0.500. The van der Waals surface area contributed by atoms with E-state index >= 15 is 0 Å². The molecule has 3 heterocycles. The van der Waals surface area contributed by atoms with E-state index in [0.29, 0.717) is 11.6 Å². The summed E-state index contributed by atoms with van der Waals surface area (Å²) in [6, 6.07) is 7.87. The van der Waals surface area contributed by atoms with Crippen LogP contribution in [0.15, 0.2) is 24.5 Å². The van der Waals surface area contributed by atoms with Gasteiger partial charge in [0.15, 0.2) is 5.82 Å². The van der Waals surface area contributed by atoms with E-state index in [4.69, 9.17) is 5.26 Å². The van der Waals surface area contributed by atoms with Gasteiger partial charge in [-0.05, 0) is 30.9 Å². The zero-order valence-corrected chi connectivity index (χ0v) is 13.0. The number of nitriles is 1. The lowest BCUT2D eigenvalue weighted by Crippen LogP contribution is -2.26. The van der Waals surface area contributed by atoms with Gasteiger partial charge in [0.2, 0.25) is 0 Å². The van der Waals surface area contributed by atoms with Crippen LogP contribution in [0.2, 0.25) is 0 Å². The third-order valence-corrected chi connectivity index (χ3v) is 3.90. The first-order chi connectivity index (χ1) is 10.7. The molecule has 0 aromatic carbocycles. The van der Waals surface area contributed by atoms with Crippen molar-refractivity contribution in [3.8, 4) is 6.07 Å². The molecule has 1 unspecified atom stereocenters. The highest BCUT2D eigenvalue weighted by atomic mass is 15.3. The summed E-state index contributed by atoms with van der Waals surface area (Å²) in [4.78, 5) is 6.67. The van der Waals surface area contributed by atoms with E-state index in [-0.39, 0.29) is 6.04 Å². The van der Waals surface area contributed by atoms with Gasteiger partial charge in [0, 0.05) is 13.1 Å². The normalized spacial score (nSPS) is 17.9. The molecule has 1 atom stereocenters. The van der Waals surface area contributed by atoms with E-state index in [2.05, 4.69) is 44.6 Å². The fourth-order valence-corrected chi connectivity index (χ4v) is 3.01. The number of nitrogens with zero attached hydrogens (tertiary/aromatic N) is 6. The number of rotatable bonds is 4. The van der Waals surface area contributed by atoms with Crippen molar-refractivity contribution < 1.29 is 0 Å². The Balaban J connectivity index is 1.90. The zero-order chi connectivity index (χ0) is 15.5. The van der Waals surface area contributed by atoms with Crippen molar-refractivity contribution in [1.82, 2.24) is 19.7 Å². The van der Waals surface area contributed by atoms with E-state index < -0.39 is 0 Å². The van der Waals surface area contributed by atoms with Gasteiger partial charge in [-0.15, -0.1) is 10.2 Å². The first-order valence-electron chi connectivity index (χ1n) is 7.70. The number of anilines is 1. The maximum atomic E-state index is 9.04. The van der Waals surface area contributed by atoms with Crippen LogP contribution in [-0.4, -0.2) is 26.3 Å². The third-order valence-electron chi connectivity index (χ3n) is 3.90. The van der Waals surface area contributed by atoms with Gasteiger partial charge in [-0.2, -0.15) is 5.26 Å². The highest BCUT2D eigenvalue weighted by molar-refractivity contribution is 5.44. The summed E-state index contributed by atoms with van der Waals surface area (Å²) in [5.41, 5.74) is 0.451. The highest BCUT2D eigenvalue weighted by Crippen LogP contribution is 2.34. The molecule has 1 fully saturated rings. The van der Waals surface area contributed by atoms with Crippen LogP contribution in [0.5, 0.6) is 0 Å². The lowest BCUT2D eigenvalue weighted by Gasteiger charge is -2.25. The number of hydrogen-bond acceptors (Lipinski definition) is 5. The van der Waals surface area contributed by atoms with Crippen molar-refractivity contribution in [2.45, 2.75) is 39.3 Å². The number of hydrogen-bond donors (Lipinski definition) is 0. The van der Waals surface area contributed by atoms with Crippen molar-refractivity contribution in [2.75, 3.05) is 11.4 Å². The van der Waals surface area contributed by atoms with Crippen LogP contribution in [0.25, 0.3) is 0 Å². The van der Waals surface area contributed by atoms with Crippen molar-refractivity contribution in [3.63, 3.8) is 0 Å². The van der Waals surface area contributed by atoms with Crippen LogP contribution in [0.4, 0.5) is 5.82 Å². The van der Waals surface area contributed by atoms with Gasteiger partial charge < -0.3 is 9.47 Å². The van der Waals surface area contributed by atoms with Crippen LogP contribution >= 0.6 is 0 Å². The molecule has 1 aliphatic heterocycles. The Bertz CT molecular complexity index is 684. The van der Waals surface area contributed by atoms with E-state index in [1.807, 2.05) is 18.5 Å². The molecule has 1 aliphatic rings. The molecular weight excluding hydrogens is 276 g/mol. The van der Waals surface area contributed by atoms with Gasteiger partial charge in [0.1, 0.15) is 23.9 Å². The molecule has 0 amide bonds. The van der Waals surface area contributed by atoms with Gasteiger partial charge in [0.25, 0.3) is 0 Å². The molecule has 0 bridgehead atoms. The van der Waals surface area contributed by atoms with Crippen LogP contribution < -0.4 is 4.90 Å². The molecule has 0 radical (unpaired) electrons. The predicted octanol–water partition coefficient (Wildman–Crippen LogP) is 2.54. The SMILES string of the molecule is CC(C)Cn1cnnc1C1CCCN1c1cccc(C#N)n1. The van der Waals surface area contributed by atoms with Gasteiger partial charge in [-0.1, -0.05) is 19.9 Å². The molecule has 22 heavy (non-hydrogen) atoms. The van der Waals surface area contributed by atoms with E-state index in [1.54, 1.807) is 6.07 Å². The second-order valence-corrected chi connectivity index (χ2v) is 6.08. The zero-order valence-electron chi connectivity index (χ0n) is 13.0. The quantitative estimate of drug-likeness (QED) is 0.867.